The number of fused-ring (bicyclic) bond motifs is 1. The molecular weight excluding hydrogens is 380 g/mol. The normalized spacial score (nSPS) is 12.2. The summed E-state index contributed by atoms with van der Waals surface area (Å²) in [4.78, 5) is 12.5. The molecule has 0 aliphatic heterocycles. The van der Waals surface area contributed by atoms with E-state index in [0.717, 1.165) is 22.6 Å². The van der Waals surface area contributed by atoms with E-state index in [1.807, 2.05) is 44.2 Å². The van der Waals surface area contributed by atoms with Gasteiger partial charge in [0.25, 0.3) is 5.71 Å². The Labute approximate surface area is 175 Å². The number of rotatable bonds is 5. The quantitative estimate of drug-likeness (QED) is 0.432. The molecule has 0 aliphatic rings. The average molecular weight is 404 g/mol. The number of hydrogen-bond acceptors (Lipinski definition) is 5. The van der Waals surface area contributed by atoms with Crippen molar-refractivity contribution in [2.24, 2.45) is 0 Å². The Morgan fingerprint density at radius 2 is 1.80 bits per heavy atom. The lowest BCUT2D eigenvalue weighted by Crippen LogP contribution is -2.20. The monoisotopic (exact) mass is 404 g/mol. The Hall–Kier alpha value is -3.54. The summed E-state index contributed by atoms with van der Waals surface area (Å²) >= 11 is 0. The van der Waals surface area contributed by atoms with Gasteiger partial charge in [-0.15, -0.1) is 0 Å². The summed E-state index contributed by atoms with van der Waals surface area (Å²) in [5.74, 6) is 0.662. The Bertz CT molecular complexity index is 1220. The number of nitrogens with zero attached hydrogens (tertiary/aromatic N) is 2. The van der Waals surface area contributed by atoms with Crippen molar-refractivity contribution in [2.45, 2.75) is 33.8 Å². The second-order valence-corrected chi connectivity index (χ2v) is 7.39. The van der Waals surface area contributed by atoms with Gasteiger partial charge in [-0.1, -0.05) is 54.1 Å². The predicted octanol–water partition coefficient (Wildman–Crippen LogP) is 5.12. The summed E-state index contributed by atoms with van der Waals surface area (Å²) in [6, 6.07) is 15.5. The molecule has 6 nitrogen and oxygen atoms in total. The fourth-order valence-electron chi connectivity index (χ4n) is 3.70. The fraction of sp³-hybridized carbons (Fsp3) is 0.250. The largest absolute Gasteiger partial charge is 0.466 e. The molecule has 1 atom stereocenters. The molecule has 6 heteroatoms. The van der Waals surface area contributed by atoms with Crippen LogP contribution in [0, 0.1) is 27.7 Å². The Morgan fingerprint density at radius 3 is 2.47 bits per heavy atom. The van der Waals surface area contributed by atoms with Gasteiger partial charge in [-0.2, -0.15) is 9.61 Å². The van der Waals surface area contributed by atoms with Crippen molar-refractivity contribution in [2.75, 3.05) is 7.11 Å². The molecule has 0 amide bonds. The standard InChI is InChI=1S/C24H24N2O4/c1-14-11-12-19(15(2)13-14)20-17(4)29-23-21(16(3)25-26(20)23)30-22(24(27)28-5)18-9-7-6-8-10-18/h6-13,22H,1-5H3. The number of carbonyl (C=O) groups is 1. The van der Waals surface area contributed by atoms with E-state index in [9.17, 15) is 4.79 Å². The molecule has 0 radical (unpaired) electrons. The van der Waals surface area contributed by atoms with Crippen LogP contribution in [0.25, 0.3) is 17.0 Å². The number of oxazole rings is 1. The Kier molecular flexibility index (Phi) is 5.08. The van der Waals surface area contributed by atoms with E-state index in [1.165, 1.54) is 12.7 Å². The highest BCUT2D eigenvalue weighted by atomic mass is 16.6. The minimum atomic E-state index is -0.919. The molecule has 0 saturated heterocycles. The van der Waals surface area contributed by atoms with Gasteiger partial charge in [-0.3, -0.25) is 0 Å². The zero-order chi connectivity index (χ0) is 21.4. The number of ether oxygens (including phenoxy) is 2. The third-order valence-electron chi connectivity index (χ3n) is 5.15. The van der Waals surface area contributed by atoms with Gasteiger partial charge in [0.15, 0.2) is 0 Å². The number of esters is 1. The topological polar surface area (TPSA) is 66.0 Å². The summed E-state index contributed by atoms with van der Waals surface area (Å²) in [5, 5.41) is 4.65. The molecule has 30 heavy (non-hydrogen) atoms. The van der Waals surface area contributed by atoms with Crippen molar-refractivity contribution < 1.29 is 18.7 Å². The van der Waals surface area contributed by atoms with E-state index in [1.54, 1.807) is 4.52 Å². The first kappa shape index (κ1) is 19.8. The van der Waals surface area contributed by atoms with Crippen LogP contribution in [0.15, 0.2) is 52.9 Å². The van der Waals surface area contributed by atoms with Gasteiger partial charge in [-0.25, -0.2) is 4.79 Å². The van der Waals surface area contributed by atoms with E-state index in [0.29, 0.717) is 22.7 Å². The Balaban J connectivity index is 1.83. The lowest BCUT2D eigenvalue weighted by Gasteiger charge is -2.16. The van der Waals surface area contributed by atoms with E-state index in [-0.39, 0.29) is 0 Å². The van der Waals surface area contributed by atoms with Crippen molar-refractivity contribution in [1.82, 2.24) is 9.61 Å². The Morgan fingerprint density at radius 1 is 1.07 bits per heavy atom. The zero-order valence-electron chi connectivity index (χ0n) is 17.7. The van der Waals surface area contributed by atoms with Gasteiger partial charge in [0, 0.05) is 11.1 Å². The maximum atomic E-state index is 12.5. The van der Waals surface area contributed by atoms with Gasteiger partial charge < -0.3 is 13.9 Å². The number of hydrogen-bond donors (Lipinski definition) is 0. The molecule has 2 heterocycles. The maximum absolute atomic E-state index is 12.5. The minimum Gasteiger partial charge on any atom is -0.466 e. The highest BCUT2D eigenvalue weighted by molar-refractivity contribution is 5.78. The van der Waals surface area contributed by atoms with E-state index in [2.05, 4.69) is 37.1 Å². The zero-order valence-corrected chi connectivity index (χ0v) is 17.7. The van der Waals surface area contributed by atoms with Crippen LogP contribution in [-0.2, 0) is 9.53 Å². The molecule has 154 valence electrons. The number of aromatic nitrogens is 2. The fourth-order valence-corrected chi connectivity index (χ4v) is 3.70. The van der Waals surface area contributed by atoms with Crippen molar-refractivity contribution in [3.63, 3.8) is 0 Å². The molecule has 4 rings (SSSR count). The van der Waals surface area contributed by atoms with Crippen molar-refractivity contribution in [3.05, 3.63) is 76.7 Å². The molecule has 0 bridgehead atoms. The van der Waals surface area contributed by atoms with E-state index in [4.69, 9.17) is 13.9 Å². The van der Waals surface area contributed by atoms with E-state index >= 15 is 0 Å². The number of methoxy groups -OCH3 is 1. The molecule has 0 saturated carbocycles. The molecule has 2 aromatic heterocycles. The second-order valence-electron chi connectivity index (χ2n) is 7.39. The molecule has 1 unspecified atom stereocenters. The summed E-state index contributed by atoms with van der Waals surface area (Å²) in [6.07, 6.45) is -0.919. The van der Waals surface area contributed by atoms with Crippen LogP contribution < -0.4 is 4.74 Å². The first-order valence-electron chi connectivity index (χ1n) is 9.76. The second kappa shape index (κ2) is 7.71. The number of benzene rings is 2. The molecule has 0 spiro atoms. The maximum Gasteiger partial charge on any atom is 0.351 e. The highest BCUT2D eigenvalue weighted by Gasteiger charge is 2.29. The van der Waals surface area contributed by atoms with Crippen LogP contribution in [-0.4, -0.2) is 22.7 Å². The van der Waals surface area contributed by atoms with Crippen LogP contribution in [0.5, 0.6) is 5.75 Å². The van der Waals surface area contributed by atoms with Gasteiger partial charge in [0.2, 0.25) is 11.9 Å². The van der Waals surface area contributed by atoms with Crippen molar-refractivity contribution in [1.29, 1.82) is 0 Å². The van der Waals surface area contributed by atoms with Crippen LogP contribution >= 0.6 is 0 Å². The summed E-state index contributed by atoms with van der Waals surface area (Å²) in [5.41, 5.74) is 6.02. The number of aryl methyl sites for hydroxylation is 4. The van der Waals surface area contributed by atoms with Crippen LogP contribution in [0.2, 0.25) is 0 Å². The first-order chi connectivity index (χ1) is 14.4. The van der Waals surface area contributed by atoms with Gasteiger partial charge in [0.1, 0.15) is 17.1 Å². The van der Waals surface area contributed by atoms with Crippen LogP contribution in [0.1, 0.15) is 34.2 Å². The molecule has 0 fully saturated rings. The van der Waals surface area contributed by atoms with E-state index < -0.39 is 12.1 Å². The molecule has 0 N–H and O–H groups in total. The SMILES string of the molecule is COC(=O)C(Oc1c(C)nn2c(-c3ccc(C)cc3C)c(C)oc12)c1ccccc1. The lowest BCUT2D eigenvalue weighted by molar-refractivity contribution is -0.149. The highest BCUT2D eigenvalue weighted by Crippen LogP contribution is 2.37. The van der Waals surface area contributed by atoms with Crippen LogP contribution in [0.3, 0.4) is 0 Å². The number of carbonyl (C=O) groups excluding carboxylic acids is 1. The van der Waals surface area contributed by atoms with Crippen molar-refractivity contribution in [3.8, 4) is 17.0 Å². The van der Waals surface area contributed by atoms with Gasteiger partial charge in [0.05, 0.1) is 7.11 Å². The summed E-state index contributed by atoms with van der Waals surface area (Å²) < 4.78 is 18.9. The average Bonchev–Trinajstić information content (AvgIpc) is 3.19. The van der Waals surface area contributed by atoms with Crippen molar-refractivity contribution >= 4 is 11.7 Å². The summed E-state index contributed by atoms with van der Waals surface area (Å²) in [6.45, 7) is 7.86. The third kappa shape index (κ3) is 3.34. The third-order valence-corrected chi connectivity index (χ3v) is 5.15. The predicted molar refractivity (Wildman–Crippen MR) is 114 cm³/mol. The molecule has 4 aromatic rings. The lowest BCUT2D eigenvalue weighted by atomic mass is 10.0. The minimum absolute atomic E-state index is 0.424. The molecule has 0 aliphatic carbocycles. The van der Waals surface area contributed by atoms with Gasteiger partial charge >= 0.3 is 5.97 Å². The summed E-state index contributed by atoms with van der Waals surface area (Å²) in [7, 11) is 1.34. The molecule has 2 aromatic carbocycles. The van der Waals surface area contributed by atoms with Crippen LogP contribution in [0.4, 0.5) is 0 Å². The molecular formula is C24H24N2O4. The first-order valence-corrected chi connectivity index (χ1v) is 9.76. The smallest absolute Gasteiger partial charge is 0.351 e. The van der Waals surface area contributed by atoms with Gasteiger partial charge in [-0.05, 0) is 33.3 Å².